The zero-order valence-corrected chi connectivity index (χ0v) is 13.8. The Morgan fingerprint density at radius 3 is 2.14 bits per heavy atom. The van der Waals surface area contributed by atoms with E-state index in [2.05, 4.69) is 0 Å². The molecule has 146 valence electrons. The molecule has 1 heterocycles. The summed E-state index contributed by atoms with van der Waals surface area (Å²) < 4.78 is 76.8. The van der Waals surface area contributed by atoms with Gasteiger partial charge in [-0.2, -0.15) is 0 Å². The lowest BCUT2D eigenvalue weighted by atomic mass is 10.0. The molecule has 0 aliphatic rings. The van der Waals surface area contributed by atoms with Crippen molar-refractivity contribution in [1.29, 1.82) is 0 Å². The number of halogens is 5. The van der Waals surface area contributed by atoms with Crippen LogP contribution >= 0.6 is 0 Å². The first-order chi connectivity index (χ1) is 13.2. The number of methoxy groups -OCH3 is 1. The zero-order chi connectivity index (χ0) is 20.7. The van der Waals surface area contributed by atoms with Crippen LogP contribution in [0.2, 0.25) is 0 Å². The van der Waals surface area contributed by atoms with Gasteiger partial charge in [-0.15, -0.1) is 0 Å². The van der Waals surface area contributed by atoms with E-state index in [0.29, 0.717) is 12.2 Å². The minimum atomic E-state index is -2.34. The number of phenols is 2. The lowest BCUT2D eigenvalue weighted by Gasteiger charge is -2.10. The molecule has 0 saturated carbocycles. The van der Waals surface area contributed by atoms with Gasteiger partial charge in [-0.25, -0.2) is 22.0 Å². The lowest BCUT2D eigenvalue weighted by Crippen LogP contribution is -2.04. The number of furan rings is 1. The number of aromatic hydroxyl groups is 2. The van der Waals surface area contributed by atoms with Gasteiger partial charge in [0.05, 0.1) is 24.3 Å². The van der Waals surface area contributed by atoms with Crippen LogP contribution < -0.4 is 4.74 Å². The number of allylic oxidation sites excluding steroid dienone is 1. The molecular formula is C18H9F5O5. The van der Waals surface area contributed by atoms with Crippen molar-refractivity contribution in [2.24, 2.45) is 0 Å². The number of hydrogen-bond acceptors (Lipinski definition) is 5. The van der Waals surface area contributed by atoms with Crippen molar-refractivity contribution in [2.45, 2.75) is 0 Å². The SMILES string of the molecule is COc1c(O)c(C(=O)/C=C/c2c(F)c(F)c(F)c(F)c2F)c(O)c2ccoc12. The maximum absolute atomic E-state index is 13.7. The first-order valence-corrected chi connectivity index (χ1v) is 7.43. The van der Waals surface area contributed by atoms with Crippen LogP contribution in [-0.2, 0) is 0 Å². The number of ketones is 1. The second kappa shape index (κ2) is 6.87. The summed E-state index contributed by atoms with van der Waals surface area (Å²) in [6.07, 6.45) is 1.91. The maximum atomic E-state index is 13.7. The summed E-state index contributed by atoms with van der Waals surface area (Å²) in [5, 5.41) is 20.4. The van der Waals surface area contributed by atoms with Gasteiger partial charge in [0.25, 0.3) is 0 Å². The zero-order valence-electron chi connectivity index (χ0n) is 13.8. The number of ether oxygens (including phenoxy) is 1. The quantitative estimate of drug-likeness (QED) is 0.223. The van der Waals surface area contributed by atoms with Gasteiger partial charge < -0.3 is 19.4 Å². The molecule has 0 fully saturated rings. The summed E-state index contributed by atoms with van der Waals surface area (Å²) in [4.78, 5) is 12.4. The fourth-order valence-corrected chi connectivity index (χ4v) is 2.57. The molecule has 0 bridgehead atoms. The van der Waals surface area contributed by atoms with Crippen LogP contribution in [0.4, 0.5) is 22.0 Å². The third-order valence-corrected chi connectivity index (χ3v) is 3.91. The predicted molar refractivity (Wildman–Crippen MR) is 85.7 cm³/mol. The number of carbonyl (C=O) groups is 1. The Morgan fingerprint density at radius 2 is 1.57 bits per heavy atom. The molecule has 10 heteroatoms. The molecular weight excluding hydrogens is 391 g/mol. The topological polar surface area (TPSA) is 79.9 Å². The van der Waals surface area contributed by atoms with Gasteiger partial charge in [0, 0.05) is 0 Å². The molecule has 0 atom stereocenters. The molecule has 0 spiro atoms. The van der Waals surface area contributed by atoms with Gasteiger partial charge in [0.2, 0.25) is 11.6 Å². The number of hydrogen-bond donors (Lipinski definition) is 2. The second-order valence-electron chi connectivity index (χ2n) is 5.45. The van der Waals surface area contributed by atoms with E-state index in [9.17, 15) is 37.0 Å². The summed E-state index contributed by atoms with van der Waals surface area (Å²) in [7, 11) is 1.15. The summed E-state index contributed by atoms with van der Waals surface area (Å²) in [6, 6.07) is 1.26. The van der Waals surface area contributed by atoms with Gasteiger partial charge in [0.15, 0.2) is 40.4 Å². The molecule has 5 nitrogen and oxygen atoms in total. The number of phenolic OH excluding ortho intramolecular Hbond substituents is 2. The van der Waals surface area contributed by atoms with Gasteiger partial charge in [-0.05, 0) is 18.2 Å². The molecule has 2 N–H and O–H groups in total. The van der Waals surface area contributed by atoms with E-state index in [4.69, 9.17) is 9.15 Å². The van der Waals surface area contributed by atoms with Crippen molar-refractivity contribution in [3.8, 4) is 17.2 Å². The highest BCUT2D eigenvalue weighted by Crippen LogP contribution is 2.45. The van der Waals surface area contributed by atoms with Crippen LogP contribution in [0.25, 0.3) is 17.0 Å². The van der Waals surface area contributed by atoms with Crippen LogP contribution in [0.1, 0.15) is 15.9 Å². The highest BCUT2D eigenvalue weighted by Gasteiger charge is 2.27. The molecule has 0 amide bonds. The van der Waals surface area contributed by atoms with Gasteiger partial charge in [-0.3, -0.25) is 4.79 Å². The molecule has 0 aliphatic carbocycles. The minimum absolute atomic E-state index is 0.0115. The largest absolute Gasteiger partial charge is 0.506 e. The van der Waals surface area contributed by atoms with Crippen molar-refractivity contribution in [1.82, 2.24) is 0 Å². The average Bonchev–Trinajstić information content (AvgIpc) is 3.15. The standard InChI is InChI=1S/C18H9F5O5/c1-27-18-16(26)9(15(25)7-4-5-28-17(7)18)8(24)3-2-6-10(19)12(21)14(23)13(22)11(6)20/h2-5,25-26H,1H3/b3-2+. The van der Waals surface area contributed by atoms with Crippen molar-refractivity contribution >= 4 is 22.8 Å². The number of rotatable bonds is 4. The van der Waals surface area contributed by atoms with Crippen LogP contribution in [0.5, 0.6) is 17.2 Å². The van der Waals surface area contributed by atoms with Crippen LogP contribution in [0, 0.1) is 29.1 Å². The Kier molecular flexibility index (Phi) is 4.72. The monoisotopic (exact) mass is 400 g/mol. The van der Waals surface area contributed by atoms with Gasteiger partial charge in [-0.1, -0.05) is 0 Å². The normalized spacial score (nSPS) is 11.5. The van der Waals surface area contributed by atoms with Crippen LogP contribution in [0.3, 0.4) is 0 Å². The molecule has 2 aromatic carbocycles. The fraction of sp³-hybridized carbons (Fsp3) is 0.0556. The Morgan fingerprint density at radius 1 is 1.00 bits per heavy atom. The smallest absolute Gasteiger partial charge is 0.205 e. The van der Waals surface area contributed by atoms with E-state index >= 15 is 0 Å². The molecule has 0 saturated heterocycles. The third-order valence-electron chi connectivity index (χ3n) is 3.91. The molecule has 28 heavy (non-hydrogen) atoms. The summed E-state index contributed by atoms with van der Waals surface area (Å²) in [5.41, 5.74) is -2.15. The Balaban J connectivity index is 2.13. The van der Waals surface area contributed by atoms with Crippen molar-refractivity contribution in [3.05, 3.63) is 58.6 Å². The van der Waals surface area contributed by atoms with E-state index < -0.39 is 57.5 Å². The second-order valence-corrected chi connectivity index (χ2v) is 5.45. The maximum Gasteiger partial charge on any atom is 0.205 e. The van der Waals surface area contributed by atoms with E-state index in [1.54, 1.807) is 0 Å². The van der Waals surface area contributed by atoms with Crippen LogP contribution in [0.15, 0.2) is 22.8 Å². The Hall–Kier alpha value is -3.56. The van der Waals surface area contributed by atoms with Crippen molar-refractivity contribution in [2.75, 3.05) is 7.11 Å². The molecule has 0 aliphatic heterocycles. The molecule has 3 aromatic rings. The third kappa shape index (κ3) is 2.73. The number of fused-ring (bicyclic) bond motifs is 1. The van der Waals surface area contributed by atoms with E-state index in [-0.39, 0.29) is 16.7 Å². The van der Waals surface area contributed by atoms with Crippen molar-refractivity contribution in [3.63, 3.8) is 0 Å². The average molecular weight is 400 g/mol. The highest BCUT2D eigenvalue weighted by atomic mass is 19.2. The molecule has 0 radical (unpaired) electrons. The Bertz CT molecular complexity index is 1120. The number of carbonyl (C=O) groups excluding carboxylic acids is 1. The van der Waals surface area contributed by atoms with Crippen LogP contribution in [-0.4, -0.2) is 23.1 Å². The number of benzene rings is 2. The predicted octanol–water partition coefficient (Wildman–Crippen LogP) is 4.44. The highest BCUT2D eigenvalue weighted by molar-refractivity contribution is 6.14. The fourth-order valence-electron chi connectivity index (χ4n) is 2.57. The summed E-state index contributed by atoms with van der Waals surface area (Å²) >= 11 is 0. The first kappa shape index (κ1) is 19.2. The minimum Gasteiger partial charge on any atom is -0.506 e. The molecule has 0 unspecified atom stereocenters. The van der Waals surface area contributed by atoms with E-state index in [1.165, 1.54) is 6.07 Å². The summed E-state index contributed by atoms with van der Waals surface area (Å²) in [6.45, 7) is 0. The van der Waals surface area contributed by atoms with Crippen molar-refractivity contribution < 1.29 is 46.1 Å². The Labute approximate surface area is 152 Å². The summed E-state index contributed by atoms with van der Waals surface area (Å²) in [5.74, 6) is -14.1. The van der Waals surface area contributed by atoms with Gasteiger partial charge >= 0.3 is 0 Å². The van der Waals surface area contributed by atoms with E-state index in [1.807, 2.05) is 0 Å². The first-order valence-electron chi connectivity index (χ1n) is 7.43. The van der Waals surface area contributed by atoms with E-state index in [0.717, 1.165) is 13.4 Å². The lowest BCUT2D eigenvalue weighted by molar-refractivity contribution is 0.104. The van der Waals surface area contributed by atoms with Gasteiger partial charge in [0.1, 0.15) is 11.3 Å². The molecule has 3 rings (SSSR count). The molecule has 1 aromatic heterocycles.